The molecule has 0 saturated carbocycles. The van der Waals surface area contributed by atoms with Crippen molar-refractivity contribution in [3.8, 4) is 0 Å². The van der Waals surface area contributed by atoms with Gasteiger partial charge >= 0.3 is 6.09 Å². The standard InChI is InChI=1S/C25H26ClFN6O2S/c1-25(2,3)35-24(34)31-15-12-19-20(18(28)7-8-29-4)21(16-6-5-14(27)11-17(16)26)32-22(33(19)13-15)23-30-9-10-36-23/h5-11,21H,12-13,28H2,1-4H3/t21-/m0/s1. The first-order chi connectivity index (χ1) is 17.1. The summed E-state index contributed by atoms with van der Waals surface area (Å²) < 4.78 is 19.3. The molecular weight excluding hydrogens is 503 g/mol. The highest BCUT2D eigenvalue weighted by molar-refractivity contribution is 7.11. The van der Waals surface area contributed by atoms with E-state index in [0.717, 1.165) is 5.70 Å². The fraction of sp³-hybridized carbons (Fsp3) is 0.320. The minimum Gasteiger partial charge on any atom is -0.442 e. The van der Waals surface area contributed by atoms with Gasteiger partial charge in [-0.25, -0.2) is 14.2 Å². The lowest BCUT2D eigenvalue weighted by Crippen LogP contribution is -2.34. The molecule has 1 aromatic carbocycles. The van der Waals surface area contributed by atoms with E-state index >= 15 is 0 Å². The van der Waals surface area contributed by atoms with E-state index < -0.39 is 23.6 Å². The molecule has 2 aliphatic rings. The van der Waals surface area contributed by atoms with Crippen LogP contribution in [0.1, 0.15) is 43.8 Å². The number of nitrogens with two attached hydrogens (primary N) is 1. The van der Waals surface area contributed by atoms with Crippen molar-refractivity contribution < 1.29 is 13.9 Å². The average molecular weight is 529 g/mol. The third kappa shape index (κ3) is 5.55. The predicted molar refractivity (Wildman–Crippen MR) is 142 cm³/mol. The third-order valence-electron chi connectivity index (χ3n) is 5.37. The molecule has 3 heterocycles. The van der Waals surface area contributed by atoms with E-state index in [0.29, 0.717) is 46.4 Å². The number of aromatic nitrogens is 1. The van der Waals surface area contributed by atoms with Crippen LogP contribution >= 0.6 is 22.9 Å². The van der Waals surface area contributed by atoms with Gasteiger partial charge < -0.3 is 15.4 Å². The van der Waals surface area contributed by atoms with E-state index in [4.69, 9.17) is 27.1 Å². The molecule has 0 unspecified atom stereocenters. The predicted octanol–water partition coefficient (Wildman–Crippen LogP) is 5.32. The number of amides is 1. The summed E-state index contributed by atoms with van der Waals surface area (Å²) >= 11 is 7.91. The molecule has 8 nitrogen and oxygen atoms in total. The average Bonchev–Trinajstić information content (AvgIpc) is 3.45. The van der Waals surface area contributed by atoms with Crippen LogP contribution in [0.4, 0.5) is 9.18 Å². The second-order valence-electron chi connectivity index (χ2n) is 9.17. The zero-order chi connectivity index (χ0) is 26.0. The van der Waals surface area contributed by atoms with Crippen molar-refractivity contribution in [3.05, 3.63) is 74.2 Å². The van der Waals surface area contributed by atoms with Gasteiger partial charge in [-0.2, -0.15) is 4.99 Å². The number of rotatable bonds is 4. The quantitative estimate of drug-likeness (QED) is 0.541. The van der Waals surface area contributed by atoms with Crippen molar-refractivity contribution >= 4 is 46.8 Å². The number of aliphatic imine (C=N–C) groups is 3. The number of hydrogen-bond acceptors (Lipinski definition) is 8. The summed E-state index contributed by atoms with van der Waals surface area (Å²) in [6, 6.07) is 3.56. The number of hydrogen-bond donors (Lipinski definition) is 1. The zero-order valence-electron chi connectivity index (χ0n) is 20.3. The van der Waals surface area contributed by atoms with Crippen LogP contribution in [0.3, 0.4) is 0 Å². The summed E-state index contributed by atoms with van der Waals surface area (Å²) in [6.45, 7) is 5.67. The summed E-state index contributed by atoms with van der Waals surface area (Å²) in [6.07, 6.45) is 4.64. The molecule has 1 aromatic heterocycles. The Kier molecular flexibility index (Phi) is 7.37. The molecule has 1 atom stereocenters. The minimum atomic E-state index is -0.665. The fourth-order valence-corrected chi connectivity index (χ4v) is 4.90. The number of benzene rings is 1. The Morgan fingerprint density at radius 1 is 1.39 bits per heavy atom. The first-order valence-corrected chi connectivity index (χ1v) is 12.4. The highest BCUT2D eigenvalue weighted by atomic mass is 35.5. The van der Waals surface area contributed by atoms with Crippen molar-refractivity contribution in [1.29, 1.82) is 0 Å². The van der Waals surface area contributed by atoms with Crippen LogP contribution in [0.2, 0.25) is 5.02 Å². The number of ether oxygens (including phenoxy) is 1. The van der Waals surface area contributed by atoms with Gasteiger partial charge in [0.05, 0.1) is 12.3 Å². The van der Waals surface area contributed by atoms with Gasteiger partial charge in [0.25, 0.3) is 0 Å². The Labute approximate surface area is 217 Å². The van der Waals surface area contributed by atoms with Gasteiger partial charge in [0.1, 0.15) is 17.5 Å². The highest BCUT2D eigenvalue weighted by Crippen LogP contribution is 2.43. The van der Waals surface area contributed by atoms with Gasteiger partial charge in [0.2, 0.25) is 0 Å². The molecule has 0 radical (unpaired) electrons. The van der Waals surface area contributed by atoms with E-state index in [1.54, 1.807) is 52.4 Å². The maximum absolute atomic E-state index is 13.9. The Balaban J connectivity index is 1.89. The highest BCUT2D eigenvalue weighted by Gasteiger charge is 2.39. The smallest absolute Gasteiger partial charge is 0.434 e. The number of allylic oxidation sites excluding steroid dienone is 2. The van der Waals surface area contributed by atoms with E-state index in [1.165, 1.54) is 23.5 Å². The Morgan fingerprint density at radius 2 is 2.17 bits per heavy atom. The van der Waals surface area contributed by atoms with Gasteiger partial charge in [-0.15, -0.1) is 11.3 Å². The lowest BCUT2D eigenvalue weighted by atomic mass is 9.92. The number of thiazole rings is 1. The number of carbonyl (C=O) groups excluding carboxylic acids is 1. The molecule has 1 amide bonds. The molecule has 11 heteroatoms. The largest absolute Gasteiger partial charge is 0.442 e. The van der Waals surface area contributed by atoms with E-state index in [1.807, 2.05) is 10.3 Å². The van der Waals surface area contributed by atoms with Crippen LogP contribution in [-0.2, 0) is 4.74 Å². The van der Waals surface area contributed by atoms with Crippen LogP contribution in [0, 0.1) is 5.82 Å². The summed E-state index contributed by atoms with van der Waals surface area (Å²) in [7, 11) is 1.64. The maximum Gasteiger partial charge on any atom is 0.434 e. The molecule has 0 bridgehead atoms. The number of carbonyl (C=O) groups is 1. The zero-order valence-corrected chi connectivity index (χ0v) is 21.9. The number of halogens is 2. The monoisotopic (exact) mass is 528 g/mol. The normalized spacial score (nSPS) is 19.8. The molecule has 2 N–H and O–H groups in total. The lowest BCUT2D eigenvalue weighted by Gasteiger charge is -2.32. The van der Waals surface area contributed by atoms with Gasteiger partial charge in [-0.1, -0.05) is 17.7 Å². The first kappa shape index (κ1) is 25.7. The molecule has 4 rings (SSSR count). The van der Waals surface area contributed by atoms with E-state index in [9.17, 15) is 9.18 Å². The van der Waals surface area contributed by atoms with Gasteiger partial charge in [-0.3, -0.25) is 9.98 Å². The van der Waals surface area contributed by atoms with E-state index in [-0.39, 0.29) is 5.02 Å². The first-order valence-electron chi connectivity index (χ1n) is 11.2. The Bertz CT molecular complexity index is 1320. The topological polar surface area (TPSA) is 106 Å². The molecule has 2 aromatic rings. The number of nitrogens with zero attached hydrogens (tertiary/aromatic N) is 5. The fourth-order valence-electron chi connectivity index (χ4n) is 3.99. The van der Waals surface area contributed by atoms with Crippen molar-refractivity contribution in [2.45, 2.75) is 38.8 Å². The molecule has 0 spiro atoms. The summed E-state index contributed by atoms with van der Waals surface area (Å²) in [4.78, 5) is 32.1. The molecule has 36 heavy (non-hydrogen) atoms. The molecule has 0 aliphatic carbocycles. The molecular formula is C25H26ClFN6O2S. The van der Waals surface area contributed by atoms with Crippen LogP contribution in [0.25, 0.3) is 0 Å². The van der Waals surface area contributed by atoms with Crippen LogP contribution < -0.4 is 5.73 Å². The summed E-state index contributed by atoms with van der Waals surface area (Å²) in [5, 5.41) is 2.77. The summed E-state index contributed by atoms with van der Waals surface area (Å²) in [5.41, 5.74) is 8.98. The van der Waals surface area contributed by atoms with Gasteiger partial charge in [0, 0.05) is 58.8 Å². The lowest BCUT2D eigenvalue weighted by molar-refractivity contribution is 0.0604. The Morgan fingerprint density at radius 3 is 2.81 bits per heavy atom. The van der Waals surface area contributed by atoms with Crippen molar-refractivity contribution in [1.82, 2.24) is 9.88 Å². The molecule has 1 saturated heterocycles. The molecule has 188 valence electrons. The summed E-state index contributed by atoms with van der Waals surface area (Å²) in [5.74, 6) is 0.147. The van der Waals surface area contributed by atoms with Crippen LogP contribution in [-0.4, -0.2) is 52.9 Å². The van der Waals surface area contributed by atoms with Gasteiger partial charge in [0.15, 0.2) is 10.8 Å². The second kappa shape index (κ2) is 10.3. The van der Waals surface area contributed by atoms with Gasteiger partial charge in [-0.05, 0) is 39.0 Å². The molecule has 1 fully saturated rings. The molecule has 2 aliphatic heterocycles. The third-order valence-corrected chi connectivity index (χ3v) is 6.46. The Hall–Kier alpha value is -3.37. The van der Waals surface area contributed by atoms with Crippen molar-refractivity contribution in [2.75, 3.05) is 13.6 Å². The SMILES string of the molecule is CN=CC=C(N)C1=C2CC(=NC(=O)OC(C)(C)C)CN2C(c2nccs2)=N[C@H]1c1ccc(F)cc1Cl. The minimum absolute atomic E-state index is 0.228. The van der Waals surface area contributed by atoms with Crippen LogP contribution in [0.5, 0.6) is 0 Å². The maximum atomic E-state index is 13.9. The second-order valence-corrected chi connectivity index (χ2v) is 10.5. The number of amidine groups is 1. The van der Waals surface area contributed by atoms with Crippen LogP contribution in [0.15, 0.2) is 67.8 Å². The number of fused-ring (bicyclic) bond motifs is 1. The van der Waals surface area contributed by atoms with Crippen molar-refractivity contribution in [3.63, 3.8) is 0 Å². The van der Waals surface area contributed by atoms with Crippen molar-refractivity contribution in [2.24, 2.45) is 20.7 Å². The van der Waals surface area contributed by atoms with E-state index in [2.05, 4.69) is 15.0 Å².